The lowest BCUT2D eigenvalue weighted by Crippen LogP contribution is -2.49. The third-order valence-corrected chi connectivity index (χ3v) is 7.73. The van der Waals surface area contributed by atoms with Gasteiger partial charge in [0.15, 0.2) is 0 Å². The number of nitrogens with zero attached hydrogens (tertiary/aromatic N) is 2. The van der Waals surface area contributed by atoms with Crippen LogP contribution in [0.1, 0.15) is 56.2 Å². The fourth-order valence-corrected chi connectivity index (χ4v) is 5.16. The van der Waals surface area contributed by atoms with E-state index in [9.17, 15) is 9.59 Å². The second-order valence-electron chi connectivity index (χ2n) is 9.26. The van der Waals surface area contributed by atoms with Crippen molar-refractivity contribution in [2.75, 3.05) is 26.2 Å². The van der Waals surface area contributed by atoms with Crippen LogP contribution in [0.5, 0.6) is 5.75 Å². The summed E-state index contributed by atoms with van der Waals surface area (Å²) in [5.74, 6) is 0.947. The van der Waals surface area contributed by atoms with Gasteiger partial charge < -0.3 is 14.5 Å². The molecule has 1 aliphatic rings. The summed E-state index contributed by atoms with van der Waals surface area (Å²) in [4.78, 5) is 31.3. The van der Waals surface area contributed by atoms with Crippen LogP contribution in [0.4, 0.5) is 0 Å². The molecular formula is C26H35ClN2O3S. The van der Waals surface area contributed by atoms with Crippen LogP contribution in [0, 0.1) is 18.8 Å². The minimum atomic E-state index is -0.178. The molecule has 0 spiro atoms. The van der Waals surface area contributed by atoms with Crippen molar-refractivity contribution in [2.24, 2.45) is 11.8 Å². The molecule has 0 saturated heterocycles. The lowest BCUT2D eigenvalue weighted by molar-refractivity contribution is -0.144. The maximum Gasteiger partial charge on any atom is 0.242 e. The number of aryl methyl sites for hydroxylation is 1. The number of halogens is 1. The van der Waals surface area contributed by atoms with Crippen LogP contribution in [0.15, 0.2) is 29.6 Å². The molecule has 1 aliphatic heterocycles. The van der Waals surface area contributed by atoms with Crippen molar-refractivity contribution in [3.8, 4) is 5.75 Å². The number of fused-ring (bicyclic) bond motifs is 1. The highest BCUT2D eigenvalue weighted by molar-refractivity contribution is 7.10. The summed E-state index contributed by atoms with van der Waals surface area (Å²) in [5, 5.41) is 2.78. The monoisotopic (exact) mass is 490 g/mol. The first-order valence-electron chi connectivity index (χ1n) is 11.7. The second-order valence-corrected chi connectivity index (χ2v) is 10.7. The van der Waals surface area contributed by atoms with Gasteiger partial charge in [-0.2, -0.15) is 0 Å². The van der Waals surface area contributed by atoms with Gasteiger partial charge in [-0.1, -0.05) is 45.7 Å². The molecule has 0 unspecified atom stereocenters. The van der Waals surface area contributed by atoms with Crippen molar-refractivity contribution in [3.63, 3.8) is 0 Å². The molecule has 2 amide bonds. The molecule has 5 nitrogen and oxygen atoms in total. The van der Waals surface area contributed by atoms with Gasteiger partial charge in [0.2, 0.25) is 11.8 Å². The van der Waals surface area contributed by atoms with Crippen molar-refractivity contribution in [1.82, 2.24) is 9.80 Å². The SMILES string of the molecule is CC[C@H](C)CN(CC(=O)N1CCc2sccc2[C@@H]1COc1ccc(Cl)c(C)c1)C(=O)C(C)C. The standard InChI is InChI=1S/C26H35ClN2O3S/c1-6-18(4)14-28(26(31)17(2)3)15-25(30)29-11-9-24-21(10-12-33-24)23(29)16-32-20-7-8-22(27)19(5)13-20/h7-8,10,12-13,17-18,23H,6,9,11,14-16H2,1-5H3/t18-,23-/m0/s1. The number of hydrogen-bond acceptors (Lipinski definition) is 4. The average molecular weight is 491 g/mol. The Bertz CT molecular complexity index is 974. The van der Waals surface area contributed by atoms with Crippen LogP contribution >= 0.6 is 22.9 Å². The van der Waals surface area contributed by atoms with Crippen LogP contribution in [0.3, 0.4) is 0 Å². The Hall–Kier alpha value is -2.05. The largest absolute Gasteiger partial charge is 0.491 e. The molecule has 0 bridgehead atoms. The molecule has 33 heavy (non-hydrogen) atoms. The molecule has 0 saturated carbocycles. The smallest absolute Gasteiger partial charge is 0.242 e. The van der Waals surface area contributed by atoms with Crippen LogP contribution < -0.4 is 4.74 Å². The van der Waals surface area contributed by atoms with Crippen molar-refractivity contribution in [3.05, 3.63) is 50.7 Å². The molecule has 2 heterocycles. The van der Waals surface area contributed by atoms with Crippen molar-refractivity contribution >= 4 is 34.8 Å². The number of hydrogen-bond donors (Lipinski definition) is 0. The van der Waals surface area contributed by atoms with Gasteiger partial charge in [0.05, 0.1) is 12.6 Å². The quantitative estimate of drug-likeness (QED) is 0.450. The zero-order valence-corrected chi connectivity index (χ0v) is 21.8. The summed E-state index contributed by atoms with van der Waals surface area (Å²) < 4.78 is 6.13. The number of carbonyl (C=O) groups is 2. The van der Waals surface area contributed by atoms with Crippen LogP contribution in [0.2, 0.25) is 5.02 Å². The van der Waals surface area contributed by atoms with E-state index < -0.39 is 0 Å². The molecule has 0 radical (unpaired) electrons. The Balaban J connectivity index is 1.78. The number of thiophene rings is 1. The zero-order valence-electron chi connectivity index (χ0n) is 20.3. The van der Waals surface area contributed by atoms with E-state index in [-0.39, 0.29) is 30.3 Å². The van der Waals surface area contributed by atoms with E-state index in [1.165, 1.54) is 4.88 Å². The van der Waals surface area contributed by atoms with E-state index in [0.717, 1.165) is 29.7 Å². The van der Waals surface area contributed by atoms with E-state index in [0.29, 0.717) is 30.6 Å². The van der Waals surface area contributed by atoms with Gasteiger partial charge in [0.1, 0.15) is 12.4 Å². The summed E-state index contributed by atoms with van der Waals surface area (Å²) in [5.41, 5.74) is 2.10. The number of benzene rings is 1. The van der Waals surface area contributed by atoms with E-state index >= 15 is 0 Å². The summed E-state index contributed by atoms with van der Waals surface area (Å²) in [6.45, 7) is 11.7. The lowest BCUT2D eigenvalue weighted by atomic mass is 10.00. The molecule has 2 aromatic rings. The Morgan fingerprint density at radius 1 is 1.27 bits per heavy atom. The normalized spacial score (nSPS) is 16.5. The minimum Gasteiger partial charge on any atom is -0.491 e. The van der Waals surface area contributed by atoms with Crippen molar-refractivity contribution < 1.29 is 14.3 Å². The first-order valence-corrected chi connectivity index (χ1v) is 13.0. The zero-order chi connectivity index (χ0) is 24.1. The predicted octanol–water partition coefficient (Wildman–Crippen LogP) is 5.75. The van der Waals surface area contributed by atoms with Gasteiger partial charge in [0, 0.05) is 28.9 Å². The highest BCUT2D eigenvalue weighted by Crippen LogP contribution is 2.34. The van der Waals surface area contributed by atoms with Crippen molar-refractivity contribution in [1.29, 1.82) is 0 Å². The average Bonchev–Trinajstić information content (AvgIpc) is 3.27. The summed E-state index contributed by atoms with van der Waals surface area (Å²) in [6, 6.07) is 7.52. The molecule has 2 atom stereocenters. The fraction of sp³-hybridized carbons (Fsp3) is 0.538. The molecule has 0 fully saturated rings. The molecule has 0 aliphatic carbocycles. The molecule has 180 valence electrons. The predicted molar refractivity (Wildman–Crippen MR) is 135 cm³/mol. The van der Waals surface area contributed by atoms with E-state index in [4.69, 9.17) is 16.3 Å². The summed E-state index contributed by atoms with van der Waals surface area (Å²) in [6.07, 6.45) is 1.80. The maximum absolute atomic E-state index is 13.5. The molecule has 1 aromatic carbocycles. The maximum atomic E-state index is 13.5. The number of amides is 2. The highest BCUT2D eigenvalue weighted by Gasteiger charge is 2.34. The van der Waals surface area contributed by atoms with Gasteiger partial charge in [-0.25, -0.2) is 0 Å². The minimum absolute atomic E-state index is 0.0231. The van der Waals surface area contributed by atoms with E-state index in [1.54, 1.807) is 16.2 Å². The number of rotatable bonds is 9. The molecule has 7 heteroatoms. The Kier molecular flexibility index (Phi) is 8.82. The highest BCUT2D eigenvalue weighted by atomic mass is 35.5. The van der Waals surface area contributed by atoms with Crippen LogP contribution in [-0.4, -0.2) is 47.9 Å². The Labute approximate surface area is 206 Å². The van der Waals surface area contributed by atoms with Gasteiger partial charge >= 0.3 is 0 Å². The van der Waals surface area contributed by atoms with Gasteiger partial charge in [0.25, 0.3) is 0 Å². The summed E-state index contributed by atoms with van der Waals surface area (Å²) >= 11 is 7.88. The molecular weight excluding hydrogens is 456 g/mol. The van der Waals surface area contributed by atoms with Crippen LogP contribution in [0.25, 0.3) is 0 Å². The molecule has 0 N–H and O–H groups in total. The van der Waals surface area contributed by atoms with Gasteiger partial charge in [-0.15, -0.1) is 11.3 Å². The third kappa shape index (κ3) is 6.30. The second kappa shape index (κ2) is 11.4. The number of carbonyl (C=O) groups excluding carboxylic acids is 2. The van der Waals surface area contributed by atoms with Crippen molar-refractivity contribution in [2.45, 2.75) is 53.5 Å². The first kappa shape index (κ1) is 25.6. The van der Waals surface area contributed by atoms with Gasteiger partial charge in [-0.3, -0.25) is 9.59 Å². The molecule has 1 aromatic heterocycles. The van der Waals surface area contributed by atoms with Gasteiger partial charge in [-0.05, 0) is 60.0 Å². The van der Waals surface area contributed by atoms with E-state index in [2.05, 4.69) is 25.3 Å². The topological polar surface area (TPSA) is 49.9 Å². The third-order valence-electron chi connectivity index (χ3n) is 6.31. The Morgan fingerprint density at radius 3 is 2.70 bits per heavy atom. The lowest BCUT2D eigenvalue weighted by Gasteiger charge is -2.37. The molecule has 3 rings (SSSR count). The van der Waals surface area contributed by atoms with E-state index in [1.807, 2.05) is 43.9 Å². The fourth-order valence-electron chi connectivity index (χ4n) is 4.11. The Morgan fingerprint density at radius 2 is 2.03 bits per heavy atom. The summed E-state index contributed by atoms with van der Waals surface area (Å²) in [7, 11) is 0. The number of ether oxygens (including phenoxy) is 1. The first-order chi connectivity index (χ1) is 15.7. The van der Waals surface area contributed by atoms with Crippen LogP contribution in [-0.2, 0) is 16.0 Å².